The van der Waals surface area contributed by atoms with Crippen molar-refractivity contribution >= 4 is 12.8 Å². The second-order valence-electron chi connectivity index (χ2n) is 5.57. The predicted octanol–water partition coefficient (Wildman–Crippen LogP) is 6.06. The van der Waals surface area contributed by atoms with Crippen molar-refractivity contribution in [3.63, 3.8) is 0 Å². The second kappa shape index (κ2) is 7.43. The lowest BCUT2D eigenvalue weighted by atomic mass is 9.66. The van der Waals surface area contributed by atoms with Crippen molar-refractivity contribution in [1.82, 2.24) is 0 Å². The molecule has 0 spiro atoms. The Bertz CT molecular complexity index is 856. The summed E-state index contributed by atoms with van der Waals surface area (Å²) in [4.78, 5) is 0. The van der Waals surface area contributed by atoms with Gasteiger partial charge >= 0.3 is 6.18 Å². The van der Waals surface area contributed by atoms with Gasteiger partial charge in [-0.2, -0.15) is 13.2 Å². The van der Waals surface area contributed by atoms with Crippen LogP contribution in [0, 0.1) is 0 Å². The van der Waals surface area contributed by atoms with Crippen LogP contribution in [0.25, 0.3) is 16.6 Å². The summed E-state index contributed by atoms with van der Waals surface area (Å²) in [6.45, 7) is 0. The highest BCUT2D eigenvalue weighted by Crippen LogP contribution is 2.38. The van der Waals surface area contributed by atoms with Crippen LogP contribution in [0.4, 0.5) is 13.2 Å². The van der Waals surface area contributed by atoms with E-state index in [1.807, 2.05) is 36.4 Å². The molecule has 1 aliphatic heterocycles. The molecule has 0 saturated heterocycles. The molecular formula is C21H15BF3. The fourth-order valence-corrected chi connectivity index (χ4v) is 2.65. The molecule has 1 aliphatic rings. The number of alkyl halides is 3. The molecule has 1 heterocycles. The van der Waals surface area contributed by atoms with E-state index >= 15 is 0 Å². The summed E-state index contributed by atoms with van der Waals surface area (Å²) in [7, 11) is 1.80. The Morgan fingerprint density at radius 2 is 1.44 bits per heavy atom. The maximum absolute atomic E-state index is 13.6. The van der Waals surface area contributed by atoms with E-state index < -0.39 is 11.7 Å². The van der Waals surface area contributed by atoms with Crippen molar-refractivity contribution in [3.8, 4) is 11.1 Å². The zero-order valence-electron chi connectivity index (χ0n) is 13.4. The summed E-state index contributed by atoms with van der Waals surface area (Å²) in [5.74, 6) is 1.81. The molecule has 3 rings (SSSR count). The van der Waals surface area contributed by atoms with Gasteiger partial charge in [-0.1, -0.05) is 84.4 Å². The normalized spacial score (nSPS) is 14.3. The van der Waals surface area contributed by atoms with Crippen molar-refractivity contribution in [3.05, 3.63) is 102 Å². The maximum Gasteiger partial charge on any atom is 0.417 e. The van der Waals surface area contributed by atoms with Gasteiger partial charge in [0, 0.05) is 0 Å². The summed E-state index contributed by atoms with van der Waals surface area (Å²) in [6, 6.07) is 13.1. The van der Waals surface area contributed by atoms with Crippen LogP contribution >= 0.6 is 0 Å². The Morgan fingerprint density at radius 3 is 2.20 bits per heavy atom. The summed E-state index contributed by atoms with van der Waals surface area (Å²) < 4.78 is 40.9. The van der Waals surface area contributed by atoms with E-state index in [1.54, 1.807) is 55.8 Å². The van der Waals surface area contributed by atoms with E-state index in [4.69, 9.17) is 0 Å². The van der Waals surface area contributed by atoms with Crippen LogP contribution in [0.1, 0.15) is 11.1 Å². The standard InChI is InChI=1S/C21H15BF3/c23-21(24,25)19-15-17(20-11-7-2-1-3-8-14-22-20)12-13-18(19)16-9-5-4-6-10-16/h1-15H. The lowest BCUT2D eigenvalue weighted by molar-refractivity contribution is -0.137. The van der Waals surface area contributed by atoms with E-state index in [2.05, 4.69) is 0 Å². The minimum atomic E-state index is -4.42. The molecule has 2 aromatic carbocycles. The summed E-state index contributed by atoms with van der Waals surface area (Å²) in [5.41, 5.74) is 1.37. The quantitative estimate of drug-likeness (QED) is 0.586. The van der Waals surface area contributed by atoms with Gasteiger partial charge < -0.3 is 0 Å². The van der Waals surface area contributed by atoms with Gasteiger partial charge in [0.15, 0.2) is 7.28 Å². The van der Waals surface area contributed by atoms with E-state index in [0.29, 0.717) is 11.1 Å². The van der Waals surface area contributed by atoms with Gasteiger partial charge in [0.2, 0.25) is 0 Å². The lowest BCUT2D eigenvalue weighted by Gasteiger charge is -2.16. The first kappa shape index (κ1) is 17.1. The van der Waals surface area contributed by atoms with Gasteiger partial charge in [-0.25, -0.2) is 0 Å². The molecule has 123 valence electrons. The highest BCUT2D eigenvalue weighted by atomic mass is 19.4. The number of rotatable bonds is 2. The Labute approximate surface area is 145 Å². The average molecular weight is 335 g/mol. The van der Waals surface area contributed by atoms with Crippen LogP contribution < -0.4 is 0 Å². The van der Waals surface area contributed by atoms with Gasteiger partial charge in [0.25, 0.3) is 0 Å². The van der Waals surface area contributed by atoms with Crippen molar-refractivity contribution in [1.29, 1.82) is 0 Å². The van der Waals surface area contributed by atoms with Crippen molar-refractivity contribution in [2.24, 2.45) is 0 Å². The molecule has 4 heteroatoms. The highest BCUT2D eigenvalue weighted by molar-refractivity contribution is 6.65. The lowest BCUT2D eigenvalue weighted by Crippen LogP contribution is -2.08. The topological polar surface area (TPSA) is 0 Å². The first-order valence-corrected chi connectivity index (χ1v) is 7.88. The van der Waals surface area contributed by atoms with Gasteiger partial charge in [-0.3, -0.25) is 0 Å². The van der Waals surface area contributed by atoms with Gasteiger partial charge in [0.1, 0.15) is 0 Å². The van der Waals surface area contributed by atoms with Crippen LogP contribution in [-0.4, -0.2) is 7.28 Å². The molecule has 0 saturated carbocycles. The van der Waals surface area contributed by atoms with Crippen LogP contribution in [0.3, 0.4) is 0 Å². The zero-order valence-corrected chi connectivity index (χ0v) is 13.4. The number of allylic oxidation sites excluding steroid dienone is 6. The Morgan fingerprint density at radius 1 is 0.720 bits per heavy atom. The number of halogens is 3. The van der Waals surface area contributed by atoms with E-state index in [-0.39, 0.29) is 5.56 Å². The molecule has 0 aliphatic carbocycles. The Kier molecular flexibility index (Phi) is 5.08. The molecule has 0 fully saturated rings. The van der Waals surface area contributed by atoms with E-state index in [1.165, 1.54) is 6.07 Å². The summed E-state index contributed by atoms with van der Waals surface area (Å²) in [5, 5.41) is 0. The minimum absolute atomic E-state index is 0.188. The number of benzene rings is 2. The number of hydrogen-bond donors (Lipinski definition) is 0. The van der Waals surface area contributed by atoms with Crippen molar-refractivity contribution in [2.45, 2.75) is 6.18 Å². The number of hydrogen-bond acceptors (Lipinski definition) is 0. The third kappa shape index (κ3) is 4.21. The molecular weight excluding hydrogens is 320 g/mol. The Hall–Kier alpha value is -2.75. The fraction of sp³-hybridized carbons (Fsp3) is 0.0476. The van der Waals surface area contributed by atoms with Gasteiger partial charge in [0.05, 0.1) is 5.56 Å². The molecule has 2 aromatic rings. The average Bonchev–Trinajstić information content (AvgIpc) is 2.75. The van der Waals surface area contributed by atoms with E-state index in [0.717, 1.165) is 5.47 Å². The third-order valence-electron chi connectivity index (χ3n) is 3.85. The van der Waals surface area contributed by atoms with Crippen LogP contribution in [0.15, 0.2) is 91.0 Å². The smallest absolute Gasteiger partial charge is 0.166 e. The third-order valence-corrected chi connectivity index (χ3v) is 3.85. The second-order valence-corrected chi connectivity index (χ2v) is 5.57. The van der Waals surface area contributed by atoms with Crippen LogP contribution in [0.2, 0.25) is 0 Å². The molecule has 0 unspecified atom stereocenters. The molecule has 1 radical (unpaired) electrons. The maximum atomic E-state index is 13.6. The van der Waals surface area contributed by atoms with Gasteiger partial charge in [-0.15, -0.1) is 5.98 Å². The monoisotopic (exact) mass is 335 g/mol. The van der Waals surface area contributed by atoms with Crippen molar-refractivity contribution < 1.29 is 13.2 Å². The highest BCUT2D eigenvalue weighted by Gasteiger charge is 2.34. The van der Waals surface area contributed by atoms with Crippen LogP contribution in [0.5, 0.6) is 0 Å². The fourth-order valence-electron chi connectivity index (χ4n) is 2.65. The molecule has 25 heavy (non-hydrogen) atoms. The SMILES string of the molecule is FC(F)(F)c1cc(C2=CC=CC=CC=C[B]2)ccc1-c1ccccc1. The molecule has 0 atom stereocenters. The van der Waals surface area contributed by atoms with E-state index in [9.17, 15) is 13.2 Å². The molecule has 0 bridgehead atoms. The summed E-state index contributed by atoms with van der Waals surface area (Å²) in [6.07, 6.45) is 6.60. The Balaban J connectivity index is 2.09. The first-order chi connectivity index (χ1) is 12.1. The first-order valence-electron chi connectivity index (χ1n) is 7.88. The molecule has 0 aromatic heterocycles. The molecule has 0 amide bonds. The zero-order chi connectivity index (χ0) is 17.7. The van der Waals surface area contributed by atoms with Crippen LogP contribution in [-0.2, 0) is 6.18 Å². The molecule has 0 N–H and O–H groups in total. The van der Waals surface area contributed by atoms with Gasteiger partial charge in [-0.05, 0) is 22.8 Å². The molecule has 0 nitrogen and oxygen atoms in total. The largest absolute Gasteiger partial charge is 0.417 e. The summed E-state index contributed by atoms with van der Waals surface area (Å²) >= 11 is 0. The van der Waals surface area contributed by atoms with Crippen molar-refractivity contribution in [2.75, 3.05) is 0 Å². The predicted molar refractivity (Wildman–Crippen MR) is 98.0 cm³/mol. The minimum Gasteiger partial charge on any atom is -0.166 e.